The molecule has 1 atom stereocenters. The largest absolute Gasteiger partial charge is 0.313 e. The fourth-order valence-corrected chi connectivity index (χ4v) is 3.06. The van der Waals surface area contributed by atoms with Gasteiger partial charge in [-0.1, -0.05) is 35.3 Å². The number of hydrogen-bond donors (Lipinski definition) is 1. The Kier molecular flexibility index (Phi) is 5.44. The van der Waals surface area contributed by atoms with Crippen molar-refractivity contribution < 1.29 is 4.39 Å². The van der Waals surface area contributed by atoms with E-state index in [2.05, 4.69) is 21.2 Å². The molecule has 0 aliphatic rings. The van der Waals surface area contributed by atoms with Gasteiger partial charge < -0.3 is 5.32 Å². The molecule has 0 heterocycles. The topological polar surface area (TPSA) is 12.0 Å². The minimum absolute atomic E-state index is 0.00398. The van der Waals surface area contributed by atoms with E-state index in [1.54, 1.807) is 12.1 Å². The highest BCUT2D eigenvalue weighted by Crippen LogP contribution is 2.28. The first kappa shape index (κ1) is 15.8. The molecule has 1 N–H and O–H groups in total. The van der Waals surface area contributed by atoms with Crippen LogP contribution in [0.15, 0.2) is 40.9 Å². The molecule has 2 aromatic rings. The molecule has 1 unspecified atom stereocenters. The van der Waals surface area contributed by atoms with Crippen LogP contribution < -0.4 is 5.32 Å². The molecule has 0 amide bonds. The molecule has 0 aromatic heterocycles. The zero-order chi connectivity index (χ0) is 14.7. The molecule has 2 aromatic carbocycles. The summed E-state index contributed by atoms with van der Waals surface area (Å²) >= 11 is 15.3. The first-order valence-corrected chi connectivity index (χ1v) is 7.62. The van der Waals surface area contributed by atoms with Crippen molar-refractivity contribution in [2.24, 2.45) is 0 Å². The zero-order valence-electron chi connectivity index (χ0n) is 10.8. The lowest BCUT2D eigenvalue weighted by Crippen LogP contribution is -2.19. The van der Waals surface area contributed by atoms with Crippen molar-refractivity contribution in [2.45, 2.75) is 12.5 Å². The van der Waals surface area contributed by atoms with E-state index in [9.17, 15) is 4.39 Å². The molecule has 20 heavy (non-hydrogen) atoms. The zero-order valence-corrected chi connectivity index (χ0v) is 13.9. The van der Waals surface area contributed by atoms with Crippen LogP contribution in [0.2, 0.25) is 10.0 Å². The van der Waals surface area contributed by atoms with Crippen molar-refractivity contribution in [3.63, 3.8) is 0 Å². The second-order valence-corrected chi connectivity index (χ2v) is 6.13. The van der Waals surface area contributed by atoms with E-state index in [1.165, 1.54) is 6.07 Å². The van der Waals surface area contributed by atoms with Crippen LogP contribution in [0.5, 0.6) is 0 Å². The molecule has 0 aliphatic carbocycles. The third kappa shape index (κ3) is 3.73. The Hall–Kier alpha value is -0.610. The van der Waals surface area contributed by atoms with Gasteiger partial charge in [-0.2, -0.15) is 0 Å². The normalized spacial score (nSPS) is 12.4. The quantitative estimate of drug-likeness (QED) is 0.753. The predicted octanol–water partition coefficient (Wildman–Crippen LogP) is 5.40. The van der Waals surface area contributed by atoms with Gasteiger partial charge in [-0.25, -0.2) is 4.39 Å². The van der Waals surface area contributed by atoms with Gasteiger partial charge in [0.1, 0.15) is 5.82 Å². The predicted molar refractivity (Wildman–Crippen MR) is 86.1 cm³/mol. The average molecular weight is 377 g/mol. The van der Waals surface area contributed by atoms with Gasteiger partial charge in [0.15, 0.2) is 0 Å². The monoisotopic (exact) mass is 375 g/mol. The van der Waals surface area contributed by atoms with E-state index < -0.39 is 0 Å². The summed E-state index contributed by atoms with van der Waals surface area (Å²) in [5, 5.41) is 4.39. The van der Waals surface area contributed by atoms with Crippen LogP contribution in [0.3, 0.4) is 0 Å². The lowest BCUT2D eigenvalue weighted by Gasteiger charge is -2.18. The van der Waals surface area contributed by atoms with Crippen LogP contribution in [0.25, 0.3) is 0 Å². The molecule has 5 heteroatoms. The number of halogens is 4. The van der Waals surface area contributed by atoms with Crippen molar-refractivity contribution in [3.8, 4) is 0 Å². The van der Waals surface area contributed by atoms with Crippen LogP contribution in [0.4, 0.5) is 4.39 Å². The summed E-state index contributed by atoms with van der Waals surface area (Å²) in [6.07, 6.45) is 0.630. The van der Waals surface area contributed by atoms with E-state index >= 15 is 0 Å². The van der Waals surface area contributed by atoms with Gasteiger partial charge in [0, 0.05) is 16.1 Å². The maximum absolute atomic E-state index is 13.6. The third-order valence-electron chi connectivity index (χ3n) is 3.09. The summed E-state index contributed by atoms with van der Waals surface area (Å²) < 4.78 is 14.0. The molecule has 0 saturated heterocycles. The highest BCUT2D eigenvalue weighted by Gasteiger charge is 2.14. The molecule has 0 fully saturated rings. The van der Waals surface area contributed by atoms with E-state index in [1.807, 2.05) is 25.2 Å². The summed E-state index contributed by atoms with van der Waals surface area (Å²) in [5.41, 5.74) is 1.86. The minimum Gasteiger partial charge on any atom is -0.313 e. The molecule has 1 nitrogen and oxygen atoms in total. The molecular formula is C15H13BrCl2FN. The van der Waals surface area contributed by atoms with Gasteiger partial charge in [-0.15, -0.1) is 0 Å². The maximum Gasteiger partial charge on any atom is 0.137 e. The minimum atomic E-state index is -0.263. The maximum atomic E-state index is 13.6. The first-order valence-electron chi connectivity index (χ1n) is 6.07. The van der Waals surface area contributed by atoms with Crippen molar-refractivity contribution in [1.82, 2.24) is 5.32 Å². The van der Waals surface area contributed by atoms with Crippen LogP contribution in [0.1, 0.15) is 17.2 Å². The van der Waals surface area contributed by atoms with E-state index in [0.29, 0.717) is 20.9 Å². The molecule has 106 valence electrons. The molecule has 0 aliphatic heterocycles. The van der Waals surface area contributed by atoms with E-state index in [0.717, 1.165) is 11.1 Å². The summed E-state index contributed by atoms with van der Waals surface area (Å²) in [6, 6.07) is 10.4. The van der Waals surface area contributed by atoms with Crippen molar-refractivity contribution >= 4 is 39.1 Å². The SMILES string of the molecule is CNC(Cc1cccc(F)c1Br)c1cc(Cl)cc(Cl)c1. The molecule has 0 bridgehead atoms. The van der Waals surface area contributed by atoms with E-state index in [4.69, 9.17) is 23.2 Å². The number of rotatable bonds is 4. The highest BCUT2D eigenvalue weighted by molar-refractivity contribution is 9.10. The Labute approximate surface area is 136 Å². The second kappa shape index (κ2) is 6.90. The van der Waals surface area contributed by atoms with Crippen LogP contribution in [-0.4, -0.2) is 7.05 Å². The summed E-state index contributed by atoms with van der Waals surface area (Å²) in [4.78, 5) is 0. The Morgan fingerprint density at radius 3 is 2.45 bits per heavy atom. The first-order chi connectivity index (χ1) is 9.51. The van der Waals surface area contributed by atoms with Gasteiger partial charge in [0.25, 0.3) is 0 Å². The Balaban J connectivity index is 2.31. The molecule has 0 spiro atoms. The van der Waals surface area contributed by atoms with Crippen molar-refractivity contribution in [2.75, 3.05) is 7.05 Å². The summed E-state index contributed by atoms with van der Waals surface area (Å²) in [7, 11) is 1.85. The highest BCUT2D eigenvalue weighted by atomic mass is 79.9. The van der Waals surface area contributed by atoms with Crippen LogP contribution in [0, 0.1) is 5.82 Å². The van der Waals surface area contributed by atoms with Crippen LogP contribution >= 0.6 is 39.1 Å². The third-order valence-corrected chi connectivity index (χ3v) is 4.42. The lowest BCUT2D eigenvalue weighted by molar-refractivity contribution is 0.580. The Morgan fingerprint density at radius 2 is 1.85 bits per heavy atom. The number of likely N-dealkylation sites (N-methyl/N-ethyl adjacent to an activating group) is 1. The van der Waals surface area contributed by atoms with Crippen molar-refractivity contribution in [1.29, 1.82) is 0 Å². The Bertz CT molecular complexity index is 599. The molecule has 2 rings (SSSR count). The van der Waals surface area contributed by atoms with Gasteiger partial charge >= 0.3 is 0 Å². The number of nitrogens with one attached hydrogen (secondary N) is 1. The smallest absolute Gasteiger partial charge is 0.137 e. The fraction of sp³-hybridized carbons (Fsp3) is 0.200. The van der Waals surface area contributed by atoms with Gasteiger partial charge in [-0.05, 0) is 64.8 Å². The molecular weight excluding hydrogens is 364 g/mol. The number of hydrogen-bond acceptors (Lipinski definition) is 1. The summed E-state index contributed by atoms with van der Waals surface area (Å²) in [6.45, 7) is 0. The van der Waals surface area contributed by atoms with E-state index in [-0.39, 0.29) is 11.9 Å². The van der Waals surface area contributed by atoms with Gasteiger partial charge in [0.05, 0.1) is 4.47 Å². The van der Waals surface area contributed by atoms with Crippen molar-refractivity contribution in [3.05, 3.63) is 67.9 Å². The standard InChI is InChI=1S/C15H13BrCl2FN/c1-20-14(10-5-11(17)8-12(18)6-10)7-9-3-2-4-13(19)15(9)16/h2-6,8,14,20H,7H2,1H3. The Morgan fingerprint density at radius 1 is 1.20 bits per heavy atom. The van der Waals surface area contributed by atoms with Gasteiger partial charge in [-0.3, -0.25) is 0 Å². The van der Waals surface area contributed by atoms with Crippen LogP contribution in [-0.2, 0) is 6.42 Å². The van der Waals surface area contributed by atoms with Gasteiger partial charge in [0.2, 0.25) is 0 Å². The molecule has 0 saturated carbocycles. The number of benzene rings is 2. The molecule has 0 radical (unpaired) electrons. The second-order valence-electron chi connectivity index (χ2n) is 4.46. The summed E-state index contributed by atoms with van der Waals surface area (Å²) in [5.74, 6) is -0.263. The fourth-order valence-electron chi connectivity index (χ4n) is 2.09. The lowest BCUT2D eigenvalue weighted by atomic mass is 9.99. The average Bonchev–Trinajstić information content (AvgIpc) is 2.39.